The van der Waals surface area contributed by atoms with Crippen LogP contribution in [-0.2, 0) is 6.18 Å². The van der Waals surface area contributed by atoms with E-state index in [1.165, 1.54) is 0 Å². The summed E-state index contributed by atoms with van der Waals surface area (Å²) in [6.07, 6.45) is -2.82. The zero-order valence-electron chi connectivity index (χ0n) is 10.5. The van der Waals surface area contributed by atoms with Crippen LogP contribution < -0.4 is 11.1 Å². The van der Waals surface area contributed by atoms with Crippen molar-refractivity contribution in [2.45, 2.75) is 25.1 Å². The van der Waals surface area contributed by atoms with Crippen LogP contribution in [-0.4, -0.2) is 18.5 Å². The summed E-state index contributed by atoms with van der Waals surface area (Å²) in [6.45, 7) is 0.197. The Morgan fingerprint density at radius 3 is 2.60 bits per heavy atom. The molecule has 1 fully saturated rings. The van der Waals surface area contributed by atoms with Gasteiger partial charge in [-0.1, -0.05) is 0 Å². The number of carbonyl (C=O) groups excluding carboxylic acids is 1. The summed E-state index contributed by atoms with van der Waals surface area (Å²) in [7, 11) is 0. The van der Waals surface area contributed by atoms with Gasteiger partial charge in [0.05, 0.1) is 5.56 Å². The minimum Gasteiger partial charge on any atom is -0.350 e. The SMILES string of the molecule is N[C@@H](CNC(=O)c1ccc(F)c(C(F)(F)F)c1)C1CC1. The van der Waals surface area contributed by atoms with Crippen LogP contribution in [0.3, 0.4) is 0 Å². The molecule has 1 saturated carbocycles. The van der Waals surface area contributed by atoms with Gasteiger partial charge in [-0.15, -0.1) is 0 Å². The standard InChI is InChI=1S/C13H14F4N2O/c14-10-4-3-8(5-9(10)13(15,16)17)12(20)19-6-11(18)7-1-2-7/h3-5,7,11H,1-2,6,18H2,(H,19,20)/t11-/m0/s1. The van der Waals surface area contributed by atoms with Gasteiger partial charge < -0.3 is 11.1 Å². The van der Waals surface area contributed by atoms with Gasteiger partial charge in [0.2, 0.25) is 0 Å². The number of nitrogens with two attached hydrogens (primary N) is 1. The Morgan fingerprint density at radius 1 is 1.40 bits per heavy atom. The molecular formula is C13H14F4N2O. The molecule has 110 valence electrons. The quantitative estimate of drug-likeness (QED) is 0.836. The first-order valence-electron chi connectivity index (χ1n) is 6.19. The van der Waals surface area contributed by atoms with E-state index in [9.17, 15) is 22.4 Å². The summed E-state index contributed by atoms with van der Waals surface area (Å²) in [5.74, 6) is -1.72. The Kier molecular flexibility index (Phi) is 3.99. The topological polar surface area (TPSA) is 55.1 Å². The highest BCUT2D eigenvalue weighted by Crippen LogP contribution is 2.32. The minimum absolute atomic E-state index is 0.193. The fourth-order valence-electron chi connectivity index (χ4n) is 1.89. The average Bonchev–Trinajstić information content (AvgIpc) is 3.18. The number of rotatable bonds is 4. The number of halogens is 4. The van der Waals surface area contributed by atoms with Crippen LogP contribution in [0, 0.1) is 11.7 Å². The molecule has 0 saturated heterocycles. The average molecular weight is 290 g/mol. The van der Waals surface area contributed by atoms with Crippen molar-refractivity contribution in [3.05, 3.63) is 35.1 Å². The summed E-state index contributed by atoms with van der Waals surface area (Å²) in [5, 5.41) is 2.46. The molecule has 0 aromatic heterocycles. The van der Waals surface area contributed by atoms with Crippen molar-refractivity contribution in [3.63, 3.8) is 0 Å². The second kappa shape index (κ2) is 5.40. The van der Waals surface area contributed by atoms with E-state index >= 15 is 0 Å². The van der Waals surface area contributed by atoms with E-state index in [1.807, 2.05) is 0 Å². The Balaban J connectivity index is 2.06. The third-order valence-electron chi connectivity index (χ3n) is 3.26. The first kappa shape index (κ1) is 14.8. The molecule has 0 bridgehead atoms. The van der Waals surface area contributed by atoms with Gasteiger partial charge in [0, 0.05) is 18.2 Å². The van der Waals surface area contributed by atoms with E-state index in [-0.39, 0.29) is 18.2 Å². The van der Waals surface area contributed by atoms with Gasteiger partial charge >= 0.3 is 6.18 Å². The van der Waals surface area contributed by atoms with E-state index in [4.69, 9.17) is 5.73 Å². The van der Waals surface area contributed by atoms with Gasteiger partial charge in [-0.05, 0) is 37.0 Å². The fourth-order valence-corrected chi connectivity index (χ4v) is 1.89. The van der Waals surface area contributed by atoms with Crippen molar-refractivity contribution < 1.29 is 22.4 Å². The molecule has 1 aromatic carbocycles. The molecule has 7 heteroatoms. The number of amides is 1. The normalized spacial score (nSPS) is 16.9. The third-order valence-corrected chi connectivity index (χ3v) is 3.26. The molecule has 1 aromatic rings. The van der Waals surface area contributed by atoms with Crippen LogP contribution in [0.25, 0.3) is 0 Å². The number of carbonyl (C=O) groups is 1. The lowest BCUT2D eigenvalue weighted by Crippen LogP contribution is -2.38. The molecule has 3 nitrogen and oxygen atoms in total. The number of benzene rings is 1. The highest BCUT2D eigenvalue weighted by atomic mass is 19.4. The second-order valence-corrected chi connectivity index (χ2v) is 4.90. The number of alkyl halides is 3. The zero-order valence-corrected chi connectivity index (χ0v) is 10.5. The van der Waals surface area contributed by atoms with Crippen LogP contribution in [0.2, 0.25) is 0 Å². The number of hydrogen-bond donors (Lipinski definition) is 2. The summed E-state index contributed by atoms with van der Waals surface area (Å²) in [5.41, 5.74) is 4.09. The van der Waals surface area contributed by atoms with E-state index in [1.54, 1.807) is 0 Å². The van der Waals surface area contributed by atoms with Crippen LogP contribution >= 0.6 is 0 Å². The second-order valence-electron chi connectivity index (χ2n) is 4.90. The maximum Gasteiger partial charge on any atom is 0.419 e. The Bertz CT molecular complexity index is 512. The molecule has 0 unspecified atom stereocenters. The molecule has 0 heterocycles. The third kappa shape index (κ3) is 3.47. The Labute approximate surface area is 113 Å². The molecule has 1 aliphatic rings. The predicted molar refractivity (Wildman–Crippen MR) is 64.4 cm³/mol. The summed E-state index contributed by atoms with van der Waals surface area (Å²) in [4.78, 5) is 11.7. The van der Waals surface area contributed by atoms with E-state index in [0.717, 1.165) is 18.9 Å². The van der Waals surface area contributed by atoms with Crippen molar-refractivity contribution >= 4 is 5.91 Å². The first-order chi connectivity index (χ1) is 9.29. The van der Waals surface area contributed by atoms with Crippen molar-refractivity contribution in [1.82, 2.24) is 5.32 Å². The smallest absolute Gasteiger partial charge is 0.350 e. The summed E-state index contributed by atoms with van der Waals surface area (Å²) >= 11 is 0. The molecule has 1 atom stereocenters. The Hall–Kier alpha value is -1.63. The van der Waals surface area contributed by atoms with Gasteiger partial charge in [-0.25, -0.2) is 4.39 Å². The lowest BCUT2D eigenvalue weighted by Gasteiger charge is -2.13. The molecule has 2 rings (SSSR count). The van der Waals surface area contributed by atoms with Crippen LogP contribution in [0.5, 0.6) is 0 Å². The van der Waals surface area contributed by atoms with Crippen LogP contribution in [0.4, 0.5) is 17.6 Å². The molecule has 20 heavy (non-hydrogen) atoms. The van der Waals surface area contributed by atoms with E-state index in [0.29, 0.717) is 18.1 Å². The lowest BCUT2D eigenvalue weighted by atomic mass is 10.1. The number of hydrogen-bond acceptors (Lipinski definition) is 2. The van der Waals surface area contributed by atoms with Gasteiger partial charge in [0.15, 0.2) is 0 Å². The predicted octanol–water partition coefficient (Wildman–Crippen LogP) is 2.31. The summed E-state index contributed by atoms with van der Waals surface area (Å²) in [6, 6.07) is 1.97. The fraction of sp³-hybridized carbons (Fsp3) is 0.462. The van der Waals surface area contributed by atoms with Gasteiger partial charge in [0.1, 0.15) is 5.82 Å². The number of nitrogens with one attached hydrogen (secondary N) is 1. The van der Waals surface area contributed by atoms with Gasteiger partial charge in [-0.2, -0.15) is 13.2 Å². The van der Waals surface area contributed by atoms with Crippen LogP contribution in [0.15, 0.2) is 18.2 Å². The highest BCUT2D eigenvalue weighted by Gasteiger charge is 2.35. The van der Waals surface area contributed by atoms with Crippen LogP contribution in [0.1, 0.15) is 28.8 Å². The van der Waals surface area contributed by atoms with Crippen molar-refractivity contribution in [2.24, 2.45) is 11.7 Å². The van der Waals surface area contributed by atoms with Gasteiger partial charge in [-0.3, -0.25) is 4.79 Å². The largest absolute Gasteiger partial charge is 0.419 e. The van der Waals surface area contributed by atoms with Crippen molar-refractivity contribution in [3.8, 4) is 0 Å². The highest BCUT2D eigenvalue weighted by molar-refractivity contribution is 5.94. The van der Waals surface area contributed by atoms with Gasteiger partial charge in [0.25, 0.3) is 5.91 Å². The Morgan fingerprint density at radius 2 is 2.05 bits per heavy atom. The van der Waals surface area contributed by atoms with Crippen molar-refractivity contribution in [1.29, 1.82) is 0 Å². The van der Waals surface area contributed by atoms with E-state index < -0.39 is 23.5 Å². The molecular weight excluding hydrogens is 276 g/mol. The zero-order chi connectivity index (χ0) is 14.9. The monoisotopic (exact) mass is 290 g/mol. The molecule has 0 spiro atoms. The minimum atomic E-state index is -4.83. The molecule has 1 amide bonds. The summed E-state index contributed by atoms with van der Waals surface area (Å²) < 4.78 is 50.7. The van der Waals surface area contributed by atoms with E-state index in [2.05, 4.69) is 5.32 Å². The maximum atomic E-state index is 13.1. The molecule has 3 N–H and O–H groups in total. The molecule has 0 radical (unpaired) electrons. The lowest BCUT2D eigenvalue weighted by molar-refractivity contribution is -0.140. The molecule has 0 aliphatic heterocycles. The molecule has 1 aliphatic carbocycles. The van der Waals surface area contributed by atoms with Crippen molar-refractivity contribution in [2.75, 3.05) is 6.54 Å². The first-order valence-corrected chi connectivity index (χ1v) is 6.19. The maximum absolute atomic E-state index is 13.1.